The zero-order valence-corrected chi connectivity index (χ0v) is 51.1. The molecule has 18 heteroatoms. The third kappa shape index (κ3) is 56.9. The number of carbonyl (C=O) groups is 3. The number of unbranched alkanes of at least 4 members (excludes halogenated alkanes) is 25. The summed E-state index contributed by atoms with van der Waals surface area (Å²) < 4.78 is 60.6. The maximum atomic E-state index is 12.8. The largest absolute Gasteiger partial charge is 0.472 e. The summed E-state index contributed by atoms with van der Waals surface area (Å²) in [4.78, 5) is 58.0. The molecule has 4 N–H and O–H groups in total. The Morgan fingerprint density at radius 3 is 1.09 bits per heavy atom. The molecule has 5 atom stereocenters. The number of phosphoric ester groups is 2. The lowest BCUT2D eigenvalue weighted by Gasteiger charge is -2.21. The molecule has 0 aromatic rings. The van der Waals surface area contributed by atoms with Crippen LogP contribution in [0.15, 0.2) is 60.8 Å². The third-order valence-electron chi connectivity index (χ3n) is 12.7. The molecular weight excluding hydrogens is 1050 g/mol. The molecule has 0 aliphatic rings. The smallest absolute Gasteiger partial charge is 0.463 e. The standard InChI is InChI=1S/C61H110O16P2/c1-4-7-10-13-16-19-22-24-26-27-29-31-33-35-38-41-44-47-59(64)71-50-56(62)51-73-78(67,68)74-52-57(63)53-75-79(69,70)76-55-58(77-61(66)49-46-43-40-37-32-21-18-15-12-9-6-3)54-72-60(65)48-45-42-39-36-34-30-28-25-23-20-17-14-11-8-5-2/h7,10,16-17,19-20,24-26,28,56-58,62-63H,4-6,8-9,11-15,18,21-23,27,29-55H2,1-3H3,(H,67,68)(H,69,70)/b10-7-,19-16-,20-17-,26-24-,28-25-. The van der Waals surface area contributed by atoms with Gasteiger partial charge in [-0.15, -0.1) is 0 Å². The van der Waals surface area contributed by atoms with Gasteiger partial charge in [0.25, 0.3) is 0 Å². The number of allylic oxidation sites excluding steroid dienone is 10. The first-order valence-corrected chi connectivity index (χ1v) is 33.6. The minimum Gasteiger partial charge on any atom is -0.463 e. The van der Waals surface area contributed by atoms with Crippen LogP contribution < -0.4 is 0 Å². The van der Waals surface area contributed by atoms with Gasteiger partial charge in [0.1, 0.15) is 25.4 Å². The van der Waals surface area contributed by atoms with E-state index < -0.39 is 91.5 Å². The van der Waals surface area contributed by atoms with Gasteiger partial charge in [0.05, 0.1) is 26.4 Å². The van der Waals surface area contributed by atoms with Crippen LogP contribution in [0, 0.1) is 0 Å². The molecule has 0 saturated carbocycles. The zero-order valence-electron chi connectivity index (χ0n) is 49.3. The van der Waals surface area contributed by atoms with Crippen LogP contribution in [0.2, 0.25) is 0 Å². The molecule has 0 heterocycles. The highest BCUT2D eigenvalue weighted by Gasteiger charge is 2.29. The quantitative estimate of drug-likeness (QED) is 0.0146. The maximum Gasteiger partial charge on any atom is 0.472 e. The molecule has 79 heavy (non-hydrogen) atoms. The van der Waals surface area contributed by atoms with E-state index in [1.165, 1.54) is 57.8 Å². The monoisotopic (exact) mass is 1160 g/mol. The second kappa shape index (κ2) is 55.8. The van der Waals surface area contributed by atoms with Gasteiger partial charge < -0.3 is 34.2 Å². The summed E-state index contributed by atoms with van der Waals surface area (Å²) in [6.45, 7) is 2.49. The van der Waals surface area contributed by atoms with Gasteiger partial charge in [-0.25, -0.2) is 9.13 Å². The summed E-state index contributed by atoms with van der Waals surface area (Å²) in [5.41, 5.74) is 0. The van der Waals surface area contributed by atoms with E-state index in [0.29, 0.717) is 19.3 Å². The van der Waals surface area contributed by atoms with Crippen molar-refractivity contribution in [3.63, 3.8) is 0 Å². The molecule has 0 aliphatic heterocycles. The molecule has 0 bridgehead atoms. The van der Waals surface area contributed by atoms with Crippen LogP contribution in [0.25, 0.3) is 0 Å². The van der Waals surface area contributed by atoms with Gasteiger partial charge in [0.15, 0.2) is 6.10 Å². The van der Waals surface area contributed by atoms with Crippen molar-refractivity contribution in [2.24, 2.45) is 0 Å². The lowest BCUT2D eigenvalue weighted by molar-refractivity contribution is -0.161. The fourth-order valence-corrected chi connectivity index (χ4v) is 9.61. The number of carbonyl (C=O) groups excluding carboxylic acids is 3. The van der Waals surface area contributed by atoms with Crippen LogP contribution in [0.4, 0.5) is 0 Å². The summed E-state index contributed by atoms with van der Waals surface area (Å²) >= 11 is 0. The first kappa shape index (κ1) is 76.2. The van der Waals surface area contributed by atoms with Crippen LogP contribution in [0.5, 0.6) is 0 Å². The van der Waals surface area contributed by atoms with Crippen LogP contribution in [0.3, 0.4) is 0 Å². The number of hydrogen-bond donors (Lipinski definition) is 4. The van der Waals surface area contributed by atoms with Gasteiger partial charge in [-0.1, -0.05) is 210 Å². The summed E-state index contributed by atoms with van der Waals surface area (Å²) in [5, 5.41) is 20.4. The molecule has 0 spiro atoms. The highest BCUT2D eigenvalue weighted by atomic mass is 31.2. The van der Waals surface area contributed by atoms with Crippen molar-refractivity contribution >= 4 is 33.6 Å². The first-order valence-electron chi connectivity index (χ1n) is 30.6. The van der Waals surface area contributed by atoms with Crippen LogP contribution in [-0.4, -0.2) is 95.9 Å². The molecule has 0 aromatic heterocycles. The van der Waals surface area contributed by atoms with Crippen LogP contribution in [0.1, 0.15) is 252 Å². The van der Waals surface area contributed by atoms with Crippen molar-refractivity contribution in [1.29, 1.82) is 0 Å². The highest BCUT2D eigenvalue weighted by Crippen LogP contribution is 2.45. The fourth-order valence-electron chi connectivity index (χ4n) is 8.03. The predicted molar refractivity (Wildman–Crippen MR) is 316 cm³/mol. The number of rotatable bonds is 58. The average Bonchev–Trinajstić information content (AvgIpc) is 3.42. The van der Waals surface area contributed by atoms with Crippen LogP contribution >= 0.6 is 15.6 Å². The van der Waals surface area contributed by atoms with Crippen molar-refractivity contribution in [1.82, 2.24) is 0 Å². The van der Waals surface area contributed by atoms with Gasteiger partial charge in [-0.2, -0.15) is 0 Å². The molecule has 0 aliphatic carbocycles. The van der Waals surface area contributed by atoms with E-state index in [-0.39, 0.29) is 19.3 Å². The number of phosphoric acid groups is 2. The Labute approximate surface area is 478 Å². The molecule has 0 saturated heterocycles. The molecule has 0 amide bonds. The highest BCUT2D eigenvalue weighted by molar-refractivity contribution is 7.47. The molecule has 16 nitrogen and oxygen atoms in total. The Kier molecular flexibility index (Phi) is 53.8. The number of aliphatic hydroxyl groups is 2. The van der Waals surface area contributed by atoms with E-state index in [0.717, 1.165) is 135 Å². The third-order valence-corrected chi connectivity index (χ3v) is 14.6. The summed E-state index contributed by atoms with van der Waals surface area (Å²) in [6, 6.07) is 0. The lowest BCUT2D eigenvalue weighted by Crippen LogP contribution is -2.30. The summed E-state index contributed by atoms with van der Waals surface area (Å²) in [5.74, 6) is -1.59. The number of esters is 3. The van der Waals surface area contributed by atoms with E-state index >= 15 is 0 Å². The number of aliphatic hydroxyl groups excluding tert-OH is 2. The van der Waals surface area contributed by atoms with Crippen molar-refractivity contribution < 1.29 is 75.8 Å². The second-order valence-corrected chi connectivity index (χ2v) is 23.4. The number of hydrogen-bond acceptors (Lipinski definition) is 14. The Hall–Kier alpha value is -2.75. The average molecular weight is 1160 g/mol. The van der Waals surface area contributed by atoms with Gasteiger partial charge >= 0.3 is 33.6 Å². The molecule has 0 fully saturated rings. The van der Waals surface area contributed by atoms with Gasteiger partial charge in [0, 0.05) is 19.3 Å². The molecule has 460 valence electrons. The summed E-state index contributed by atoms with van der Waals surface area (Å²) in [7, 11) is -9.75. The van der Waals surface area contributed by atoms with E-state index in [1.54, 1.807) is 0 Å². The van der Waals surface area contributed by atoms with E-state index in [1.807, 2.05) is 0 Å². The van der Waals surface area contributed by atoms with E-state index in [2.05, 4.69) is 81.5 Å². The van der Waals surface area contributed by atoms with Crippen molar-refractivity contribution in [3.8, 4) is 0 Å². The van der Waals surface area contributed by atoms with E-state index in [4.69, 9.17) is 32.3 Å². The van der Waals surface area contributed by atoms with Crippen molar-refractivity contribution in [3.05, 3.63) is 60.8 Å². The Morgan fingerprint density at radius 2 is 0.671 bits per heavy atom. The topological polar surface area (TPSA) is 231 Å². The van der Waals surface area contributed by atoms with E-state index in [9.17, 15) is 43.5 Å². The predicted octanol–water partition coefficient (Wildman–Crippen LogP) is 15.9. The molecule has 0 rings (SSSR count). The minimum atomic E-state index is -4.91. The Balaban J connectivity index is 4.64. The van der Waals surface area contributed by atoms with Crippen molar-refractivity contribution in [2.75, 3.05) is 39.6 Å². The first-order chi connectivity index (χ1) is 38.2. The van der Waals surface area contributed by atoms with Crippen molar-refractivity contribution in [2.45, 2.75) is 270 Å². The van der Waals surface area contributed by atoms with Crippen LogP contribution in [-0.2, 0) is 55.8 Å². The normalized spacial score (nSPS) is 14.9. The SMILES string of the molecule is CC/C=C\C/C=C\C/C=C\CCCCCCCCCC(=O)OCC(O)COP(=O)(O)OCC(O)COP(=O)(O)OCC(COC(=O)CCCCCCC/C=C\C/C=C\CCCCC)OC(=O)CCCCCCCCCCCCC. The summed E-state index contributed by atoms with van der Waals surface area (Å²) in [6.07, 6.45) is 52.9. The van der Waals surface area contributed by atoms with Gasteiger partial charge in [0.2, 0.25) is 0 Å². The Bertz CT molecular complexity index is 1700. The Morgan fingerprint density at radius 1 is 0.367 bits per heavy atom. The number of ether oxygens (including phenoxy) is 3. The van der Waals surface area contributed by atoms with Gasteiger partial charge in [-0.05, 0) is 83.5 Å². The second-order valence-electron chi connectivity index (χ2n) is 20.5. The fraction of sp³-hybridized carbons (Fsp3) is 0.787. The maximum absolute atomic E-state index is 12.8. The molecule has 0 radical (unpaired) electrons. The molecule has 5 unspecified atom stereocenters. The lowest BCUT2D eigenvalue weighted by atomic mass is 10.1. The van der Waals surface area contributed by atoms with Gasteiger partial charge in [-0.3, -0.25) is 32.5 Å². The zero-order chi connectivity index (χ0) is 58.2. The molecular formula is C61H110O16P2. The minimum absolute atomic E-state index is 0.106. The molecule has 0 aromatic carbocycles.